The molecule has 2 aromatic carbocycles. The maximum absolute atomic E-state index is 12.1. The minimum atomic E-state index is -0.695. The number of carbonyl (C=O) groups excluding carboxylic acids is 1. The lowest BCUT2D eigenvalue weighted by Gasteiger charge is -2.19. The Morgan fingerprint density at radius 1 is 1.06 bits per heavy atom. The summed E-state index contributed by atoms with van der Waals surface area (Å²) in [5.74, 6) is 1.69. The molecule has 0 fully saturated rings. The number of benzene rings is 2. The average Bonchev–Trinajstić information content (AvgIpc) is 2.82. The minimum absolute atomic E-state index is 0.0279. The topological polar surface area (TPSA) is 76.1 Å². The number of esters is 1. The third kappa shape index (κ3) is 6.14. The lowest BCUT2D eigenvalue weighted by molar-refractivity contribution is -0.153. The summed E-state index contributed by atoms with van der Waals surface area (Å²) in [6, 6.07) is 13.3. The van der Waals surface area contributed by atoms with Gasteiger partial charge in [-0.3, -0.25) is 4.98 Å². The Balaban J connectivity index is 1.89. The molecule has 0 saturated carbocycles. The number of carbonyl (C=O) groups is 1. The number of rotatable bonds is 11. The molecule has 1 unspecified atom stereocenters. The van der Waals surface area contributed by atoms with Crippen LogP contribution >= 0.6 is 0 Å². The Hall–Kier alpha value is -3.32. The zero-order valence-corrected chi connectivity index (χ0v) is 19.8. The van der Waals surface area contributed by atoms with Crippen LogP contribution in [0.4, 0.5) is 0 Å². The van der Waals surface area contributed by atoms with Crippen molar-refractivity contribution in [3.63, 3.8) is 0 Å². The smallest absolute Gasteiger partial charge is 0.335 e. The quantitative estimate of drug-likeness (QED) is 0.389. The first-order valence-electron chi connectivity index (χ1n) is 11.0. The molecule has 176 valence electrons. The van der Waals surface area contributed by atoms with E-state index < -0.39 is 12.1 Å². The maximum Gasteiger partial charge on any atom is 0.335 e. The van der Waals surface area contributed by atoms with Gasteiger partial charge in [0.05, 0.1) is 31.4 Å². The number of nitrogens with zero attached hydrogens (tertiary/aromatic N) is 1. The summed E-state index contributed by atoms with van der Waals surface area (Å²) in [6.45, 7) is 6.46. The fraction of sp³-hybridized carbons (Fsp3) is 0.385. The summed E-state index contributed by atoms with van der Waals surface area (Å²) >= 11 is 0. The molecule has 0 aliphatic heterocycles. The first kappa shape index (κ1) is 24.3. The van der Waals surface area contributed by atoms with Gasteiger partial charge < -0.3 is 23.7 Å². The lowest BCUT2D eigenvalue weighted by atomic mass is 10.1. The monoisotopic (exact) mass is 453 g/mol. The van der Waals surface area contributed by atoms with Crippen LogP contribution in [0.5, 0.6) is 17.2 Å². The first-order valence-corrected chi connectivity index (χ1v) is 11.0. The third-order valence-corrected chi connectivity index (χ3v) is 5.05. The summed E-state index contributed by atoms with van der Waals surface area (Å²) < 4.78 is 28.2. The van der Waals surface area contributed by atoms with E-state index in [9.17, 15) is 4.79 Å². The molecule has 7 heteroatoms. The van der Waals surface area contributed by atoms with Gasteiger partial charge in [0.2, 0.25) is 0 Å². The highest BCUT2D eigenvalue weighted by molar-refractivity contribution is 5.87. The normalized spacial score (nSPS) is 11.9. The van der Waals surface area contributed by atoms with E-state index >= 15 is 0 Å². The summed E-state index contributed by atoms with van der Waals surface area (Å²) in [7, 11) is 2.99. The van der Waals surface area contributed by atoms with Gasteiger partial charge in [0.25, 0.3) is 0 Å². The maximum atomic E-state index is 12.1. The van der Waals surface area contributed by atoms with Gasteiger partial charge in [-0.15, -0.1) is 0 Å². The van der Waals surface area contributed by atoms with Crippen LogP contribution in [0.15, 0.2) is 48.7 Å². The highest BCUT2D eigenvalue weighted by Crippen LogP contribution is 2.33. The van der Waals surface area contributed by atoms with Gasteiger partial charge in [-0.1, -0.05) is 18.2 Å². The Labute approximate surface area is 194 Å². The molecule has 0 radical (unpaired) electrons. The van der Waals surface area contributed by atoms with Crippen LogP contribution in [-0.2, 0) is 27.3 Å². The number of para-hydroxylation sites is 1. The zero-order valence-electron chi connectivity index (χ0n) is 19.8. The van der Waals surface area contributed by atoms with Crippen molar-refractivity contribution in [1.82, 2.24) is 4.98 Å². The first-order chi connectivity index (χ1) is 16.0. The molecule has 0 spiro atoms. The van der Waals surface area contributed by atoms with Crippen LogP contribution in [0.3, 0.4) is 0 Å². The van der Waals surface area contributed by atoms with Crippen LogP contribution in [0.1, 0.15) is 31.9 Å². The largest absolute Gasteiger partial charge is 0.497 e. The van der Waals surface area contributed by atoms with Crippen molar-refractivity contribution < 1.29 is 28.5 Å². The number of pyridine rings is 1. The van der Waals surface area contributed by atoms with Crippen LogP contribution in [0.25, 0.3) is 10.9 Å². The van der Waals surface area contributed by atoms with E-state index in [1.807, 2.05) is 63.2 Å². The van der Waals surface area contributed by atoms with Crippen LogP contribution < -0.4 is 14.2 Å². The standard InChI is InChI=1S/C26H31NO6/c1-6-31-24(26(28)30-5)13-18-9-7-8-10-23(18)32-16-19-15-27-22-12-11-20(29-4)14-21(22)25(19)33-17(2)3/h7-12,14-15,17,24H,6,13,16H2,1-5H3. The van der Waals surface area contributed by atoms with E-state index in [2.05, 4.69) is 4.98 Å². The summed E-state index contributed by atoms with van der Waals surface area (Å²) in [5.41, 5.74) is 2.48. The van der Waals surface area contributed by atoms with Crippen LogP contribution in [0, 0.1) is 0 Å². The molecule has 7 nitrogen and oxygen atoms in total. The molecule has 3 aromatic rings. The summed E-state index contributed by atoms with van der Waals surface area (Å²) in [6.07, 6.45) is 1.39. The zero-order chi connectivity index (χ0) is 23.8. The molecule has 0 aliphatic rings. The van der Waals surface area contributed by atoms with Gasteiger partial charge in [-0.05, 0) is 50.6 Å². The number of methoxy groups -OCH3 is 2. The molecule has 3 rings (SSSR count). The Bertz CT molecular complexity index is 1080. The fourth-order valence-electron chi connectivity index (χ4n) is 3.50. The van der Waals surface area contributed by atoms with E-state index in [1.54, 1.807) is 13.3 Å². The lowest BCUT2D eigenvalue weighted by Crippen LogP contribution is -2.28. The Morgan fingerprint density at radius 2 is 1.85 bits per heavy atom. The molecule has 1 heterocycles. The highest BCUT2D eigenvalue weighted by atomic mass is 16.6. The molecule has 1 aromatic heterocycles. The van der Waals surface area contributed by atoms with E-state index in [0.29, 0.717) is 24.5 Å². The predicted octanol–water partition coefficient (Wildman–Crippen LogP) is 4.73. The predicted molar refractivity (Wildman–Crippen MR) is 126 cm³/mol. The number of fused-ring (bicyclic) bond motifs is 1. The van der Waals surface area contributed by atoms with E-state index in [-0.39, 0.29) is 12.7 Å². The third-order valence-electron chi connectivity index (χ3n) is 5.05. The molecule has 0 saturated heterocycles. The summed E-state index contributed by atoms with van der Waals surface area (Å²) in [4.78, 5) is 16.7. The van der Waals surface area contributed by atoms with Gasteiger partial charge in [0.15, 0.2) is 6.10 Å². The van der Waals surface area contributed by atoms with Crippen molar-refractivity contribution in [2.75, 3.05) is 20.8 Å². The molecule has 0 N–H and O–H groups in total. The fourth-order valence-corrected chi connectivity index (χ4v) is 3.50. The second-order valence-corrected chi connectivity index (χ2v) is 7.73. The molecular weight excluding hydrogens is 422 g/mol. The van der Waals surface area contributed by atoms with E-state index in [4.69, 9.17) is 23.7 Å². The van der Waals surface area contributed by atoms with Crippen molar-refractivity contribution in [2.24, 2.45) is 0 Å². The number of hydrogen-bond acceptors (Lipinski definition) is 7. The highest BCUT2D eigenvalue weighted by Gasteiger charge is 2.22. The van der Waals surface area contributed by atoms with Gasteiger partial charge >= 0.3 is 5.97 Å². The van der Waals surface area contributed by atoms with Crippen molar-refractivity contribution in [1.29, 1.82) is 0 Å². The van der Waals surface area contributed by atoms with Gasteiger partial charge in [0.1, 0.15) is 23.9 Å². The van der Waals surface area contributed by atoms with Gasteiger partial charge in [-0.2, -0.15) is 0 Å². The van der Waals surface area contributed by atoms with E-state index in [0.717, 1.165) is 27.8 Å². The number of ether oxygens (including phenoxy) is 5. The van der Waals surface area contributed by atoms with E-state index in [1.165, 1.54) is 7.11 Å². The Kier molecular flexibility index (Phi) is 8.49. The summed E-state index contributed by atoms with van der Waals surface area (Å²) in [5, 5.41) is 0.861. The molecular formula is C26H31NO6. The van der Waals surface area contributed by atoms with Crippen molar-refractivity contribution in [3.05, 3.63) is 59.8 Å². The molecule has 0 bridgehead atoms. The molecule has 1 atom stereocenters. The minimum Gasteiger partial charge on any atom is -0.497 e. The number of aromatic nitrogens is 1. The van der Waals surface area contributed by atoms with Crippen molar-refractivity contribution in [3.8, 4) is 17.2 Å². The molecule has 0 amide bonds. The molecule has 33 heavy (non-hydrogen) atoms. The van der Waals surface area contributed by atoms with Gasteiger partial charge in [0, 0.05) is 24.6 Å². The number of hydrogen-bond donors (Lipinski definition) is 0. The van der Waals surface area contributed by atoms with Crippen LogP contribution in [-0.4, -0.2) is 44.0 Å². The second kappa shape index (κ2) is 11.5. The SMILES string of the molecule is CCOC(Cc1ccccc1OCc1cnc2ccc(OC)cc2c1OC(C)C)C(=O)OC. The average molecular weight is 454 g/mol. The molecule has 0 aliphatic carbocycles. The Morgan fingerprint density at radius 3 is 2.55 bits per heavy atom. The second-order valence-electron chi connectivity index (χ2n) is 7.73. The van der Waals surface area contributed by atoms with Gasteiger partial charge in [-0.25, -0.2) is 4.79 Å². The van der Waals surface area contributed by atoms with Crippen molar-refractivity contribution in [2.45, 2.75) is 46.0 Å². The van der Waals surface area contributed by atoms with Crippen molar-refractivity contribution >= 4 is 16.9 Å². The van der Waals surface area contributed by atoms with Crippen LogP contribution in [0.2, 0.25) is 0 Å².